The smallest absolute Gasteiger partial charge is 0.237 e. The number of benzene rings is 2. The summed E-state index contributed by atoms with van der Waals surface area (Å²) in [4.78, 5) is 14.8. The fraction of sp³-hybridized carbons (Fsp3) is 0.464. The Labute approximate surface area is 213 Å². The molecule has 0 radical (unpaired) electrons. The van der Waals surface area contributed by atoms with Crippen molar-refractivity contribution in [2.24, 2.45) is 0 Å². The van der Waals surface area contributed by atoms with Gasteiger partial charge in [-0.05, 0) is 55.7 Å². The van der Waals surface area contributed by atoms with Crippen molar-refractivity contribution in [1.82, 2.24) is 14.8 Å². The Morgan fingerprint density at radius 1 is 1.03 bits per heavy atom. The molecule has 2 aromatic carbocycles. The molecule has 2 N–H and O–H groups in total. The second-order valence-corrected chi connectivity index (χ2v) is 11.2. The summed E-state index contributed by atoms with van der Waals surface area (Å²) >= 11 is 1.49. The van der Waals surface area contributed by atoms with Crippen LogP contribution >= 0.6 is 11.8 Å². The van der Waals surface area contributed by atoms with Crippen LogP contribution in [0.2, 0.25) is 0 Å². The number of anilines is 1. The molecule has 4 rings (SSSR count). The monoisotopic (exact) mass is 492 g/mol. The number of likely N-dealkylation sites (tertiary alicyclic amines) is 1. The van der Waals surface area contributed by atoms with Gasteiger partial charge in [0.25, 0.3) is 0 Å². The number of hydrogen-bond donors (Lipinski definition) is 2. The third kappa shape index (κ3) is 6.53. The van der Waals surface area contributed by atoms with Gasteiger partial charge < -0.3 is 10.2 Å². The summed E-state index contributed by atoms with van der Waals surface area (Å²) in [6, 6.07) is 16.6. The topological polar surface area (TPSA) is 64.2 Å². The van der Waals surface area contributed by atoms with Crippen LogP contribution in [0, 0.1) is 6.92 Å². The van der Waals surface area contributed by atoms with Crippen LogP contribution in [0.5, 0.6) is 0 Å². The predicted octanol–water partition coefficient (Wildman–Crippen LogP) is 4.45. The first-order valence-corrected chi connectivity index (χ1v) is 13.7. The molecule has 0 saturated carbocycles. The molecule has 2 heterocycles. The molecule has 0 bridgehead atoms. The van der Waals surface area contributed by atoms with Crippen molar-refractivity contribution in [2.75, 3.05) is 18.4 Å². The van der Waals surface area contributed by atoms with Crippen molar-refractivity contribution < 1.29 is 9.69 Å². The SMILES string of the molecule is Cc1cccc(C(C)C)c1NC(=O)[C@H](C)Sc1nnc(C[NH+]2CCCCC2)n1Cc1ccccc1. The summed E-state index contributed by atoms with van der Waals surface area (Å²) in [5.74, 6) is 1.33. The molecule has 0 unspecified atom stereocenters. The van der Waals surface area contributed by atoms with Crippen molar-refractivity contribution in [3.05, 3.63) is 71.0 Å². The summed E-state index contributed by atoms with van der Waals surface area (Å²) in [5, 5.41) is 12.8. The van der Waals surface area contributed by atoms with Gasteiger partial charge in [0.05, 0.1) is 24.9 Å². The Hall–Kier alpha value is -2.64. The predicted molar refractivity (Wildman–Crippen MR) is 143 cm³/mol. The maximum atomic E-state index is 13.2. The second-order valence-electron chi connectivity index (χ2n) is 9.90. The number of para-hydroxylation sites is 1. The molecular formula is C28H38N5OS+. The lowest BCUT2D eigenvalue weighted by Crippen LogP contribution is -3.11. The minimum atomic E-state index is -0.302. The maximum absolute atomic E-state index is 13.2. The van der Waals surface area contributed by atoms with Crippen LogP contribution in [-0.2, 0) is 17.9 Å². The molecule has 1 fully saturated rings. The number of nitrogens with one attached hydrogen (secondary N) is 2. The van der Waals surface area contributed by atoms with Crippen LogP contribution in [0.3, 0.4) is 0 Å². The number of aromatic nitrogens is 3. The molecule has 1 amide bonds. The third-order valence-corrected chi connectivity index (χ3v) is 7.85. The number of carbonyl (C=O) groups is 1. The van der Waals surface area contributed by atoms with E-state index in [2.05, 4.69) is 70.3 Å². The molecule has 1 aliphatic heterocycles. The first-order chi connectivity index (χ1) is 16.9. The summed E-state index contributed by atoms with van der Waals surface area (Å²) in [7, 11) is 0. The quantitative estimate of drug-likeness (QED) is 0.433. The van der Waals surface area contributed by atoms with Crippen LogP contribution in [0.25, 0.3) is 0 Å². The average Bonchev–Trinajstić information content (AvgIpc) is 3.21. The molecule has 1 aliphatic rings. The molecule has 186 valence electrons. The number of quaternary nitrogens is 1. The van der Waals surface area contributed by atoms with Gasteiger partial charge >= 0.3 is 0 Å². The van der Waals surface area contributed by atoms with E-state index in [9.17, 15) is 4.79 Å². The van der Waals surface area contributed by atoms with Gasteiger partial charge in [0, 0.05) is 5.69 Å². The molecule has 6 nitrogen and oxygen atoms in total. The van der Waals surface area contributed by atoms with Gasteiger partial charge in [-0.15, -0.1) is 10.2 Å². The van der Waals surface area contributed by atoms with Gasteiger partial charge in [0.2, 0.25) is 5.91 Å². The van der Waals surface area contributed by atoms with Gasteiger partial charge in [-0.25, -0.2) is 0 Å². The molecule has 7 heteroatoms. The van der Waals surface area contributed by atoms with E-state index in [4.69, 9.17) is 0 Å². The molecule has 3 aromatic rings. The molecule has 35 heavy (non-hydrogen) atoms. The Morgan fingerprint density at radius 3 is 2.49 bits per heavy atom. The second kappa shape index (κ2) is 11.9. The number of amides is 1. The molecule has 0 aliphatic carbocycles. The zero-order chi connectivity index (χ0) is 24.8. The average molecular weight is 493 g/mol. The number of nitrogens with zero attached hydrogens (tertiary/aromatic N) is 3. The zero-order valence-corrected chi connectivity index (χ0v) is 22.2. The molecule has 1 aromatic heterocycles. The summed E-state index contributed by atoms with van der Waals surface area (Å²) in [6.07, 6.45) is 3.88. The number of carbonyl (C=O) groups excluding carboxylic acids is 1. The van der Waals surface area contributed by atoms with Crippen molar-refractivity contribution in [3.8, 4) is 0 Å². The van der Waals surface area contributed by atoms with Gasteiger partial charge in [-0.2, -0.15) is 0 Å². The van der Waals surface area contributed by atoms with Crippen molar-refractivity contribution in [3.63, 3.8) is 0 Å². The lowest BCUT2D eigenvalue weighted by atomic mass is 9.98. The Balaban J connectivity index is 1.53. The third-order valence-electron chi connectivity index (χ3n) is 6.77. The first kappa shape index (κ1) is 25.5. The lowest BCUT2D eigenvalue weighted by molar-refractivity contribution is -0.919. The van der Waals surface area contributed by atoms with E-state index in [0.29, 0.717) is 12.5 Å². The number of piperidine rings is 1. The van der Waals surface area contributed by atoms with E-state index in [0.717, 1.165) is 34.3 Å². The van der Waals surface area contributed by atoms with E-state index in [-0.39, 0.29) is 11.2 Å². The van der Waals surface area contributed by atoms with E-state index in [1.165, 1.54) is 49.7 Å². The van der Waals surface area contributed by atoms with E-state index < -0.39 is 0 Å². The summed E-state index contributed by atoms with van der Waals surface area (Å²) in [6.45, 7) is 12.3. The summed E-state index contributed by atoms with van der Waals surface area (Å²) in [5.41, 5.74) is 4.39. The van der Waals surface area contributed by atoms with Crippen molar-refractivity contribution in [2.45, 2.75) is 76.4 Å². The first-order valence-electron chi connectivity index (χ1n) is 12.8. The van der Waals surface area contributed by atoms with Gasteiger partial charge in [0.1, 0.15) is 6.54 Å². The highest BCUT2D eigenvalue weighted by Crippen LogP contribution is 2.29. The highest BCUT2D eigenvalue weighted by atomic mass is 32.2. The molecule has 0 spiro atoms. The highest BCUT2D eigenvalue weighted by Gasteiger charge is 2.24. The van der Waals surface area contributed by atoms with E-state index >= 15 is 0 Å². The minimum Gasteiger partial charge on any atom is -0.329 e. The normalized spacial score (nSPS) is 15.3. The Kier molecular flexibility index (Phi) is 8.63. The van der Waals surface area contributed by atoms with Crippen molar-refractivity contribution >= 4 is 23.4 Å². The minimum absolute atomic E-state index is 0.0105. The number of aryl methyl sites for hydroxylation is 1. The number of rotatable bonds is 9. The largest absolute Gasteiger partial charge is 0.329 e. The fourth-order valence-electron chi connectivity index (χ4n) is 4.69. The van der Waals surface area contributed by atoms with Crippen LogP contribution in [0.15, 0.2) is 53.7 Å². The summed E-state index contributed by atoms with van der Waals surface area (Å²) < 4.78 is 2.21. The van der Waals surface area contributed by atoms with Crippen LogP contribution < -0.4 is 10.2 Å². The van der Waals surface area contributed by atoms with Gasteiger partial charge in [-0.3, -0.25) is 9.36 Å². The van der Waals surface area contributed by atoms with Crippen LogP contribution in [0.1, 0.15) is 68.5 Å². The lowest BCUT2D eigenvalue weighted by Gasteiger charge is -2.23. The molecular weight excluding hydrogens is 454 g/mol. The van der Waals surface area contributed by atoms with E-state index in [1.54, 1.807) is 4.90 Å². The molecule has 1 saturated heterocycles. The van der Waals surface area contributed by atoms with Crippen LogP contribution in [-0.4, -0.2) is 39.0 Å². The maximum Gasteiger partial charge on any atom is 0.237 e. The van der Waals surface area contributed by atoms with Crippen molar-refractivity contribution in [1.29, 1.82) is 0 Å². The number of hydrogen-bond acceptors (Lipinski definition) is 4. The van der Waals surface area contributed by atoms with Crippen LogP contribution in [0.4, 0.5) is 5.69 Å². The van der Waals surface area contributed by atoms with Gasteiger partial charge in [0.15, 0.2) is 11.0 Å². The Bertz CT molecular complexity index is 1120. The zero-order valence-electron chi connectivity index (χ0n) is 21.4. The van der Waals surface area contributed by atoms with E-state index in [1.807, 2.05) is 26.0 Å². The fourth-order valence-corrected chi connectivity index (χ4v) is 5.56. The standard InChI is InChI=1S/C28H37N5OS/c1-20(2)24-15-11-12-21(3)26(24)29-27(34)22(4)35-28-31-30-25(19-32-16-9-6-10-17-32)33(28)18-23-13-7-5-8-14-23/h5,7-8,11-15,20,22H,6,9-10,16-19H2,1-4H3,(H,29,34)/p+1/t22-/m0/s1. The van der Waals surface area contributed by atoms with Gasteiger partial charge in [-0.1, -0.05) is 74.1 Å². The Morgan fingerprint density at radius 2 is 1.77 bits per heavy atom. The molecule has 1 atom stereocenters. The number of thioether (sulfide) groups is 1. The highest BCUT2D eigenvalue weighted by molar-refractivity contribution is 8.00.